The minimum absolute atomic E-state index is 0.0710. The Morgan fingerprint density at radius 2 is 1.97 bits per heavy atom. The molecule has 2 N–H and O–H groups in total. The lowest BCUT2D eigenvalue weighted by Gasteiger charge is -2.20. The molecule has 0 fully saturated rings. The molecule has 0 spiro atoms. The van der Waals surface area contributed by atoms with Crippen LogP contribution in [0.5, 0.6) is 0 Å². The molecule has 2 rings (SSSR count). The molecule has 2 aromatic carbocycles. The summed E-state index contributed by atoms with van der Waals surface area (Å²) in [6.45, 7) is 7.02. The van der Waals surface area contributed by atoms with E-state index < -0.39 is 41.6 Å². The molecule has 8 heteroatoms. The normalized spacial score (nSPS) is 12.2. The Kier molecular flexibility index (Phi) is 9.39. The molecule has 0 unspecified atom stereocenters. The van der Waals surface area contributed by atoms with Crippen LogP contribution in [0.25, 0.3) is 11.1 Å². The van der Waals surface area contributed by atoms with Crippen molar-refractivity contribution in [3.8, 4) is 17.2 Å². The summed E-state index contributed by atoms with van der Waals surface area (Å²) in [4.78, 5) is 11.8. The van der Waals surface area contributed by atoms with E-state index in [0.29, 0.717) is 28.7 Å². The summed E-state index contributed by atoms with van der Waals surface area (Å²) in [6.07, 6.45) is -0.794. The second-order valence-corrected chi connectivity index (χ2v) is 8.01. The Morgan fingerprint density at radius 3 is 2.56 bits per heavy atom. The van der Waals surface area contributed by atoms with Crippen LogP contribution in [0.4, 0.5) is 17.6 Å². The summed E-state index contributed by atoms with van der Waals surface area (Å²) >= 11 is 0. The number of alkyl halides is 3. The van der Waals surface area contributed by atoms with E-state index in [2.05, 4.69) is 12.6 Å². The molecule has 0 aromatic heterocycles. The first-order valence-corrected chi connectivity index (χ1v) is 11.0. The van der Waals surface area contributed by atoms with Crippen LogP contribution in [0.3, 0.4) is 0 Å². The highest BCUT2D eigenvalue weighted by molar-refractivity contribution is 5.75. The number of hydrogen-bond donors (Lipinski definition) is 1. The van der Waals surface area contributed by atoms with Crippen molar-refractivity contribution in [2.45, 2.75) is 58.2 Å². The van der Waals surface area contributed by atoms with Gasteiger partial charge in [-0.1, -0.05) is 6.08 Å². The zero-order valence-corrected chi connectivity index (χ0v) is 19.3. The number of aryl methyl sites for hydroxylation is 2. The molecule has 0 heterocycles. The molecule has 0 aliphatic carbocycles. The third kappa shape index (κ3) is 6.67. The first-order valence-electron chi connectivity index (χ1n) is 11.0. The van der Waals surface area contributed by atoms with Gasteiger partial charge in [-0.05, 0) is 86.1 Å². The van der Waals surface area contributed by atoms with E-state index >= 15 is 0 Å². The molecule has 2 aromatic rings. The number of carbonyl (C=O) groups excluding carboxylic acids is 1. The Bertz CT molecular complexity index is 1090. The number of nitriles is 1. The summed E-state index contributed by atoms with van der Waals surface area (Å²) in [5.74, 6) is -2.24. The van der Waals surface area contributed by atoms with Gasteiger partial charge in [-0.2, -0.15) is 18.4 Å². The number of allylic oxidation sites excluding steroid dienone is 1. The van der Waals surface area contributed by atoms with E-state index in [9.17, 15) is 27.6 Å². The minimum atomic E-state index is -4.97. The minimum Gasteiger partial charge on any atom is -0.466 e. The highest BCUT2D eigenvalue weighted by atomic mass is 19.4. The number of hydrogen-bond acceptors (Lipinski definition) is 4. The fourth-order valence-corrected chi connectivity index (χ4v) is 3.92. The Balaban J connectivity index is 2.69. The van der Waals surface area contributed by atoms with Crippen LogP contribution in [0.1, 0.15) is 66.5 Å². The average molecular weight is 477 g/mol. The molecule has 0 amide bonds. The van der Waals surface area contributed by atoms with Gasteiger partial charge in [0.2, 0.25) is 0 Å². The van der Waals surface area contributed by atoms with Crippen LogP contribution in [0, 0.1) is 24.1 Å². The number of carbonyl (C=O) groups is 1. The number of rotatable bonds is 10. The molecular formula is C26H28F4N2O2. The van der Waals surface area contributed by atoms with Crippen LogP contribution >= 0.6 is 0 Å². The summed E-state index contributed by atoms with van der Waals surface area (Å²) in [5, 5.41) is 9.37. The number of nitrogens with two attached hydrogens (primary N) is 1. The van der Waals surface area contributed by atoms with Gasteiger partial charge >= 0.3 is 12.1 Å². The quantitative estimate of drug-likeness (QED) is 0.183. The maximum atomic E-state index is 15.0. The number of esters is 1. The summed E-state index contributed by atoms with van der Waals surface area (Å²) in [7, 11) is 0. The average Bonchev–Trinajstić information content (AvgIpc) is 2.76. The Hall–Kier alpha value is -3.18. The molecule has 0 saturated carbocycles. The smallest absolute Gasteiger partial charge is 0.419 e. The van der Waals surface area contributed by atoms with Crippen molar-refractivity contribution in [2.24, 2.45) is 5.73 Å². The van der Waals surface area contributed by atoms with Gasteiger partial charge in [-0.15, -0.1) is 6.58 Å². The standard InChI is InChI=1S/C26H28F4N2O2/c1-4-6-7-8-9-18-11-17(15-31)10-16(3)24(18)19-12-20(22(32)14-23(33)34-5-2)25(27)21(13-19)26(28,29)30/h4,10-13,22H,1,5-9,14,32H2,2-3H3/t22-/m0/s1. The van der Waals surface area contributed by atoms with Gasteiger partial charge in [0.15, 0.2) is 0 Å². The van der Waals surface area contributed by atoms with Gasteiger partial charge < -0.3 is 10.5 Å². The fraction of sp³-hybridized carbons (Fsp3) is 0.385. The second kappa shape index (κ2) is 11.8. The second-order valence-electron chi connectivity index (χ2n) is 8.01. The van der Waals surface area contributed by atoms with Gasteiger partial charge in [0.25, 0.3) is 0 Å². The molecule has 34 heavy (non-hydrogen) atoms. The zero-order valence-electron chi connectivity index (χ0n) is 19.3. The lowest BCUT2D eigenvalue weighted by Crippen LogP contribution is -2.21. The van der Waals surface area contributed by atoms with Crippen molar-refractivity contribution in [1.29, 1.82) is 5.26 Å². The van der Waals surface area contributed by atoms with Crippen molar-refractivity contribution in [3.63, 3.8) is 0 Å². The Labute approximate surface area is 197 Å². The highest BCUT2D eigenvalue weighted by Gasteiger charge is 2.37. The van der Waals surface area contributed by atoms with Gasteiger partial charge in [0, 0.05) is 11.6 Å². The highest BCUT2D eigenvalue weighted by Crippen LogP contribution is 2.40. The lowest BCUT2D eigenvalue weighted by molar-refractivity contribution is -0.143. The van der Waals surface area contributed by atoms with Gasteiger partial charge in [-0.25, -0.2) is 4.39 Å². The lowest BCUT2D eigenvalue weighted by atomic mass is 9.87. The number of benzene rings is 2. The molecule has 4 nitrogen and oxygen atoms in total. The van der Waals surface area contributed by atoms with Gasteiger partial charge in [-0.3, -0.25) is 4.79 Å². The number of unbranched alkanes of at least 4 members (excludes halogenated alkanes) is 2. The molecular weight excluding hydrogens is 448 g/mol. The topological polar surface area (TPSA) is 76.1 Å². The van der Waals surface area contributed by atoms with E-state index in [0.717, 1.165) is 25.3 Å². The first kappa shape index (κ1) is 27.1. The van der Waals surface area contributed by atoms with Crippen molar-refractivity contribution in [2.75, 3.05) is 6.61 Å². The molecule has 1 atom stereocenters. The monoisotopic (exact) mass is 476 g/mol. The maximum absolute atomic E-state index is 15.0. The molecule has 0 aliphatic heterocycles. The molecule has 0 bridgehead atoms. The van der Waals surface area contributed by atoms with E-state index in [-0.39, 0.29) is 12.2 Å². The maximum Gasteiger partial charge on any atom is 0.419 e. The van der Waals surface area contributed by atoms with E-state index in [1.165, 1.54) is 6.07 Å². The van der Waals surface area contributed by atoms with Crippen LogP contribution < -0.4 is 5.73 Å². The number of halogens is 4. The Morgan fingerprint density at radius 1 is 1.26 bits per heavy atom. The largest absolute Gasteiger partial charge is 0.466 e. The fourth-order valence-electron chi connectivity index (χ4n) is 3.92. The van der Waals surface area contributed by atoms with Crippen LogP contribution in [0.15, 0.2) is 36.9 Å². The van der Waals surface area contributed by atoms with E-state index in [1.54, 1.807) is 32.1 Å². The van der Waals surface area contributed by atoms with Gasteiger partial charge in [0.05, 0.1) is 30.2 Å². The number of nitrogens with zero attached hydrogens (tertiary/aromatic N) is 1. The molecule has 0 radical (unpaired) electrons. The van der Waals surface area contributed by atoms with Crippen molar-refractivity contribution < 1.29 is 27.1 Å². The van der Waals surface area contributed by atoms with Crippen molar-refractivity contribution in [3.05, 3.63) is 70.6 Å². The van der Waals surface area contributed by atoms with Crippen LogP contribution in [-0.2, 0) is 22.1 Å². The summed E-state index contributed by atoms with van der Waals surface area (Å²) in [5.41, 5.74) is 6.36. The third-order valence-corrected chi connectivity index (χ3v) is 5.44. The number of ether oxygens (including phenoxy) is 1. The first-order chi connectivity index (χ1) is 16.0. The van der Waals surface area contributed by atoms with E-state index in [4.69, 9.17) is 10.5 Å². The zero-order chi connectivity index (χ0) is 25.5. The summed E-state index contributed by atoms with van der Waals surface area (Å²) in [6, 6.07) is 5.99. The SMILES string of the molecule is C=CCCCCc1cc(C#N)cc(C)c1-c1cc([C@@H](N)CC(=O)OCC)c(F)c(C(F)(F)F)c1. The molecule has 182 valence electrons. The van der Waals surface area contributed by atoms with Crippen LogP contribution in [0.2, 0.25) is 0 Å². The molecule has 0 saturated heterocycles. The summed E-state index contributed by atoms with van der Waals surface area (Å²) < 4.78 is 61.0. The van der Waals surface area contributed by atoms with Crippen molar-refractivity contribution >= 4 is 5.97 Å². The molecule has 0 aliphatic rings. The third-order valence-electron chi connectivity index (χ3n) is 5.44. The van der Waals surface area contributed by atoms with Gasteiger partial charge in [0.1, 0.15) is 5.82 Å². The predicted molar refractivity (Wildman–Crippen MR) is 122 cm³/mol. The van der Waals surface area contributed by atoms with E-state index in [1.807, 2.05) is 0 Å². The predicted octanol–water partition coefficient (Wildman–Crippen LogP) is 6.54. The van der Waals surface area contributed by atoms with Crippen molar-refractivity contribution in [1.82, 2.24) is 0 Å². The van der Waals surface area contributed by atoms with Crippen LogP contribution in [-0.4, -0.2) is 12.6 Å².